The molecule has 59 heavy (non-hydrogen) atoms. The number of esters is 3. The van der Waals surface area contributed by atoms with Crippen molar-refractivity contribution >= 4 is 17.9 Å². The maximum atomic E-state index is 12.8. The molecule has 0 amide bonds. The highest BCUT2D eigenvalue weighted by molar-refractivity contribution is 5.71. The van der Waals surface area contributed by atoms with E-state index < -0.39 is 6.10 Å². The van der Waals surface area contributed by atoms with Gasteiger partial charge in [0.25, 0.3) is 0 Å². The minimum absolute atomic E-state index is 0.0838. The van der Waals surface area contributed by atoms with Gasteiger partial charge >= 0.3 is 17.9 Å². The summed E-state index contributed by atoms with van der Waals surface area (Å²) in [4.78, 5) is 37.9. The lowest BCUT2D eigenvalue weighted by Gasteiger charge is -2.18. The summed E-state index contributed by atoms with van der Waals surface area (Å²) in [7, 11) is 0. The molecular formula is C53H96O6. The van der Waals surface area contributed by atoms with E-state index in [1.54, 1.807) is 0 Å². The second-order valence-electron chi connectivity index (χ2n) is 17.1. The number of carbonyl (C=O) groups excluding carboxylic acids is 3. The number of hydrogen-bond donors (Lipinski definition) is 0. The van der Waals surface area contributed by atoms with Crippen LogP contribution in [0.1, 0.15) is 265 Å². The SMILES string of the molecule is CCCCC/C=C\CCCCCCCC(=O)OCC(COC(=O)CCCCCCC/C=C\CCCCCCCCC)OC(=O)CCCCC/C=C\CCCCCCCC. The minimum atomic E-state index is -0.783. The maximum absolute atomic E-state index is 12.8. The molecule has 1 unspecified atom stereocenters. The van der Waals surface area contributed by atoms with Gasteiger partial charge in [-0.15, -0.1) is 0 Å². The van der Waals surface area contributed by atoms with Gasteiger partial charge in [-0.05, 0) is 96.3 Å². The highest BCUT2D eigenvalue weighted by atomic mass is 16.6. The zero-order chi connectivity index (χ0) is 43.0. The Labute approximate surface area is 365 Å². The van der Waals surface area contributed by atoms with Crippen LogP contribution in [0.15, 0.2) is 36.5 Å². The third-order valence-electron chi connectivity index (χ3n) is 11.1. The summed E-state index contributed by atoms with van der Waals surface area (Å²) < 4.78 is 16.7. The summed E-state index contributed by atoms with van der Waals surface area (Å²) in [5.74, 6) is -0.910. The van der Waals surface area contributed by atoms with E-state index in [4.69, 9.17) is 14.2 Å². The molecule has 344 valence electrons. The number of carbonyl (C=O) groups is 3. The molecule has 0 heterocycles. The first-order valence-electron chi connectivity index (χ1n) is 25.5. The summed E-state index contributed by atoms with van der Waals surface area (Å²) >= 11 is 0. The molecule has 0 saturated heterocycles. The van der Waals surface area contributed by atoms with Crippen LogP contribution in [0.4, 0.5) is 0 Å². The van der Waals surface area contributed by atoms with E-state index in [-0.39, 0.29) is 31.1 Å². The molecule has 0 aromatic rings. The monoisotopic (exact) mass is 829 g/mol. The molecule has 0 aliphatic rings. The largest absolute Gasteiger partial charge is 0.462 e. The molecule has 0 aromatic heterocycles. The second kappa shape index (κ2) is 48.3. The van der Waals surface area contributed by atoms with Crippen LogP contribution in [0.5, 0.6) is 0 Å². The number of rotatable bonds is 46. The van der Waals surface area contributed by atoms with Crippen molar-refractivity contribution in [1.82, 2.24) is 0 Å². The molecule has 6 nitrogen and oxygen atoms in total. The quantitative estimate of drug-likeness (QED) is 0.0263. The molecular weight excluding hydrogens is 733 g/mol. The Balaban J connectivity index is 4.39. The lowest BCUT2D eigenvalue weighted by Crippen LogP contribution is -2.30. The Morgan fingerprint density at radius 3 is 0.898 bits per heavy atom. The van der Waals surface area contributed by atoms with Crippen LogP contribution < -0.4 is 0 Å². The average molecular weight is 829 g/mol. The number of allylic oxidation sites excluding steroid dienone is 6. The van der Waals surface area contributed by atoms with Crippen molar-refractivity contribution in [3.8, 4) is 0 Å². The van der Waals surface area contributed by atoms with E-state index in [0.717, 1.165) is 83.5 Å². The molecule has 0 spiro atoms. The Hall–Kier alpha value is -2.37. The van der Waals surface area contributed by atoms with Gasteiger partial charge in [0, 0.05) is 19.3 Å². The lowest BCUT2D eigenvalue weighted by molar-refractivity contribution is -0.167. The normalized spacial score (nSPS) is 12.3. The van der Waals surface area contributed by atoms with Gasteiger partial charge in [-0.2, -0.15) is 0 Å². The van der Waals surface area contributed by atoms with E-state index in [0.29, 0.717) is 19.3 Å². The van der Waals surface area contributed by atoms with E-state index in [1.165, 1.54) is 141 Å². The van der Waals surface area contributed by atoms with Gasteiger partial charge in [0.1, 0.15) is 13.2 Å². The Kier molecular flexibility index (Phi) is 46.4. The van der Waals surface area contributed by atoms with E-state index in [2.05, 4.69) is 57.2 Å². The molecule has 0 radical (unpaired) electrons. The van der Waals surface area contributed by atoms with Gasteiger partial charge < -0.3 is 14.2 Å². The highest BCUT2D eigenvalue weighted by Gasteiger charge is 2.19. The van der Waals surface area contributed by atoms with Crippen molar-refractivity contribution in [2.75, 3.05) is 13.2 Å². The smallest absolute Gasteiger partial charge is 0.306 e. The van der Waals surface area contributed by atoms with Crippen molar-refractivity contribution < 1.29 is 28.6 Å². The molecule has 6 heteroatoms. The summed E-state index contributed by atoms with van der Waals surface area (Å²) in [5, 5.41) is 0. The fourth-order valence-corrected chi connectivity index (χ4v) is 7.19. The first kappa shape index (κ1) is 56.6. The third-order valence-corrected chi connectivity index (χ3v) is 11.1. The lowest BCUT2D eigenvalue weighted by atomic mass is 10.1. The van der Waals surface area contributed by atoms with Crippen molar-refractivity contribution in [2.24, 2.45) is 0 Å². The van der Waals surface area contributed by atoms with Gasteiger partial charge in [-0.1, -0.05) is 186 Å². The average Bonchev–Trinajstić information content (AvgIpc) is 3.23. The predicted molar refractivity (Wildman–Crippen MR) is 252 cm³/mol. The summed E-state index contributed by atoms with van der Waals surface area (Å²) in [6.07, 6.45) is 55.5. The first-order chi connectivity index (χ1) is 29.0. The zero-order valence-electron chi connectivity index (χ0n) is 39.3. The van der Waals surface area contributed by atoms with Gasteiger partial charge in [0.2, 0.25) is 0 Å². The van der Waals surface area contributed by atoms with Gasteiger partial charge in [-0.3, -0.25) is 14.4 Å². The van der Waals surface area contributed by atoms with E-state index >= 15 is 0 Å². The Morgan fingerprint density at radius 1 is 0.322 bits per heavy atom. The summed E-state index contributed by atoms with van der Waals surface area (Å²) in [6.45, 7) is 6.59. The fraction of sp³-hybridized carbons (Fsp3) is 0.830. The molecule has 0 N–H and O–H groups in total. The molecule has 0 rings (SSSR count). The molecule has 1 atom stereocenters. The Morgan fingerprint density at radius 2 is 0.559 bits per heavy atom. The molecule has 0 aromatic carbocycles. The molecule has 0 fully saturated rings. The van der Waals surface area contributed by atoms with Crippen molar-refractivity contribution in [3.05, 3.63) is 36.5 Å². The number of hydrogen-bond acceptors (Lipinski definition) is 6. The summed E-state index contributed by atoms with van der Waals surface area (Å²) in [5.41, 5.74) is 0. The highest BCUT2D eigenvalue weighted by Crippen LogP contribution is 2.14. The molecule has 0 bridgehead atoms. The predicted octanol–water partition coefficient (Wildman–Crippen LogP) is 16.5. The van der Waals surface area contributed by atoms with Gasteiger partial charge in [0.05, 0.1) is 0 Å². The van der Waals surface area contributed by atoms with Crippen LogP contribution in [-0.2, 0) is 28.6 Å². The molecule has 0 saturated carbocycles. The maximum Gasteiger partial charge on any atom is 0.306 e. The zero-order valence-corrected chi connectivity index (χ0v) is 39.3. The van der Waals surface area contributed by atoms with Crippen molar-refractivity contribution in [1.29, 1.82) is 0 Å². The second-order valence-corrected chi connectivity index (χ2v) is 17.1. The van der Waals surface area contributed by atoms with Crippen LogP contribution in [0.2, 0.25) is 0 Å². The van der Waals surface area contributed by atoms with E-state index in [9.17, 15) is 14.4 Å². The topological polar surface area (TPSA) is 78.9 Å². The number of ether oxygens (including phenoxy) is 3. The van der Waals surface area contributed by atoms with Crippen LogP contribution in [-0.4, -0.2) is 37.2 Å². The first-order valence-corrected chi connectivity index (χ1v) is 25.5. The van der Waals surface area contributed by atoms with Crippen LogP contribution >= 0.6 is 0 Å². The minimum Gasteiger partial charge on any atom is -0.462 e. The summed E-state index contributed by atoms with van der Waals surface area (Å²) in [6, 6.07) is 0. The van der Waals surface area contributed by atoms with Crippen molar-refractivity contribution in [3.63, 3.8) is 0 Å². The fourth-order valence-electron chi connectivity index (χ4n) is 7.19. The molecule has 0 aliphatic heterocycles. The standard InChI is InChI=1S/C53H96O6/c1-4-7-10-13-16-19-22-25-26-27-29-31-34-37-40-43-46-52(55)58-49-50(48-57-51(54)45-42-39-36-33-30-24-21-18-15-12-9-6-3)59-53(56)47-44-41-38-35-32-28-23-20-17-14-11-8-5-2/h18,21,26-28,32,50H,4-17,19-20,22-25,29-31,33-49H2,1-3H3/b21-18-,27-26-,32-28-. The van der Waals surface area contributed by atoms with Gasteiger partial charge in [0.15, 0.2) is 6.10 Å². The molecule has 0 aliphatic carbocycles. The third kappa shape index (κ3) is 46.5. The van der Waals surface area contributed by atoms with Crippen LogP contribution in [0, 0.1) is 0 Å². The van der Waals surface area contributed by atoms with E-state index in [1.807, 2.05) is 0 Å². The number of unbranched alkanes of at least 4 members (excludes halogenated alkanes) is 29. The van der Waals surface area contributed by atoms with Crippen molar-refractivity contribution in [2.45, 2.75) is 271 Å². The van der Waals surface area contributed by atoms with Crippen LogP contribution in [0.3, 0.4) is 0 Å². The van der Waals surface area contributed by atoms with Gasteiger partial charge in [-0.25, -0.2) is 0 Å². The Bertz CT molecular complexity index is 1000. The van der Waals surface area contributed by atoms with Crippen LogP contribution in [0.25, 0.3) is 0 Å².